The fraction of sp³-hybridized carbons (Fsp3) is 0.692. The summed E-state index contributed by atoms with van der Waals surface area (Å²) in [6.45, 7) is 5.57. The quantitative estimate of drug-likeness (QED) is 0.621. The van der Waals surface area contributed by atoms with E-state index in [1.54, 1.807) is 0 Å². The van der Waals surface area contributed by atoms with Crippen LogP contribution in [0, 0.1) is 0 Å². The van der Waals surface area contributed by atoms with Gasteiger partial charge >= 0.3 is 0 Å². The van der Waals surface area contributed by atoms with E-state index in [1.807, 2.05) is 0 Å². The predicted octanol–water partition coefficient (Wildman–Crippen LogP) is 3.38. The maximum absolute atomic E-state index is 2.49. The molecule has 0 aromatic rings. The minimum absolute atomic E-state index is 0.667. The third kappa shape index (κ3) is 2.98. The molecule has 80 valence electrons. The van der Waals surface area contributed by atoms with E-state index in [0.717, 1.165) is 6.42 Å². The Morgan fingerprint density at radius 1 is 1.43 bits per heavy atom. The van der Waals surface area contributed by atoms with Crippen LogP contribution >= 0.6 is 0 Å². The number of nitrogens with zero attached hydrogens (tertiary/aromatic N) is 1. The average molecular weight is 193 g/mol. The van der Waals surface area contributed by atoms with Crippen LogP contribution in [0.15, 0.2) is 23.8 Å². The molecule has 1 aliphatic rings. The van der Waals surface area contributed by atoms with Gasteiger partial charge in [0.25, 0.3) is 0 Å². The number of hydrogen-bond acceptors (Lipinski definition) is 1. The molecule has 1 heteroatoms. The molecule has 1 nitrogen and oxygen atoms in total. The zero-order chi connectivity index (χ0) is 10.4. The first kappa shape index (κ1) is 11.5. The van der Waals surface area contributed by atoms with E-state index in [2.05, 4.69) is 44.0 Å². The van der Waals surface area contributed by atoms with Gasteiger partial charge in [-0.1, -0.05) is 31.6 Å². The Balaban J connectivity index is 2.70. The molecule has 0 amide bonds. The van der Waals surface area contributed by atoms with E-state index >= 15 is 0 Å². The molecule has 0 saturated carbocycles. The van der Waals surface area contributed by atoms with E-state index in [0.29, 0.717) is 6.04 Å². The molecule has 1 fully saturated rings. The van der Waals surface area contributed by atoms with Crippen LogP contribution in [-0.4, -0.2) is 24.5 Å². The topological polar surface area (TPSA) is 3.24 Å². The molecule has 0 aromatic heterocycles. The molecule has 0 N–H and O–H groups in total. The van der Waals surface area contributed by atoms with Crippen molar-refractivity contribution in [1.82, 2.24) is 4.90 Å². The second-order valence-corrected chi connectivity index (χ2v) is 4.10. The Morgan fingerprint density at radius 3 is 2.79 bits per heavy atom. The highest BCUT2D eigenvalue weighted by Crippen LogP contribution is 2.22. The van der Waals surface area contributed by atoms with Crippen LogP contribution in [0.1, 0.15) is 39.5 Å². The SMILES string of the molecule is C/C=C\C(=C/CC)C1CCCCN1C. The van der Waals surface area contributed by atoms with Crippen LogP contribution < -0.4 is 0 Å². The second-order valence-electron chi connectivity index (χ2n) is 4.10. The maximum atomic E-state index is 2.49. The molecule has 1 unspecified atom stereocenters. The lowest BCUT2D eigenvalue weighted by Gasteiger charge is -2.33. The minimum atomic E-state index is 0.667. The highest BCUT2D eigenvalue weighted by atomic mass is 15.1. The fourth-order valence-electron chi connectivity index (χ4n) is 2.24. The molecule has 0 radical (unpaired) electrons. The zero-order valence-corrected chi connectivity index (χ0v) is 9.79. The number of rotatable bonds is 3. The van der Waals surface area contributed by atoms with Crippen molar-refractivity contribution in [3.63, 3.8) is 0 Å². The lowest BCUT2D eigenvalue weighted by atomic mass is 9.94. The van der Waals surface area contributed by atoms with Crippen LogP contribution in [0.5, 0.6) is 0 Å². The Hall–Kier alpha value is -0.560. The summed E-state index contributed by atoms with van der Waals surface area (Å²) >= 11 is 0. The molecular weight excluding hydrogens is 170 g/mol. The zero-order valence-electron chi connectivity index (χ0n) is 9.79. The molecule has 0 spiro atoms. The van der Waals surface area contributed by atoms with Gasteiger partial charge in [0, 0.05) is 6.04 Å². The van der Waals surface area contributed by atoms with Gasteiger partial charge in [0.15, 0.2) is 0 Å². The maximum Gasteiger partial charge on any atom is 0.0341 e. The monoisotopic (exact) mass is 193 g/mol. The Morgan fingerprint density at radius 2 is 2.21 bits per heavy atom. The van der Waals surface area contributed by atoms with Crippen molar-refractivity contribution >= 4 is 0 Å². The van der Waals surface area contributed by atoms with E-state index < -0.39 is 0 Å². The second kappa shape index (κ2) is 6.02. The van der Waals surface area contributed by atoms with E-state index in [-0.39, 0.29) is 0 Å². The summed E-state index contributed by atoms with van der Waals surface area (Å²) in [5.74, 6) is 0. The van der Waals surface area contributed by atoms with Crippen molar-refractivity contribution in [2.75, 3.05) is 13.6 Å². The lowest BCUT2D eigenvalue weighted by molar-refractivity contribution is 0.215. The molecule has 1 saturated heterocycles. The first-order valence-corrected chi connectivity index (χ1v) is 5.82. The predicted molar refractivity (Wildman–Crippen MR) is 63.5 cm³/mol. The summed E-state index contributed by atoms with van der Waals surface area (Å²) in [6, 6.07) is 0.667. The number of piperidine rings is 1. The Kier molecular flexibility index (Phi) is 4.95. The molecule has 1 rings (SSSR count). The highest BCUT2D eigenvalue weighted by Gasteiger charge is 2.20. The van der Waals surface area contributed by atoms with Crippen LogP contribution in [0.25, 0.3) is 0 Å². The number of hydrogen-bond donors (Lipinski definition) is 0. The first-order valence-electron chi connectivity index (χ1n) is 5.82. The molecule has 1 heterocycles. The molecular formula is C13H23N. The van der Waals surface area contributed by atoms with Crippen molar-refractivity contribution in [3.8, 4) is 0 Å². The Labute approximate surface area is 88.5 Å². The normalized spacial score (nSPS) is 25.9. The van der Waals surface area contributed by atoms with Crippen molar-refractivity contribution in [2.45, 2.75) is 45.6 Å². The van der Waals surface area contributed by atoms with E-state index in [1.165, 1.54) is 31.4 Å². The summed E-state index contributed by atoms with van der Waals surface area (Å²) < 4.78 is 0. The highest BCUT2D eigenvalue weighted by molar-refractivity contribution is 5.24. The average Bonchev–Trinajstić information content (AvgIpc) is 2.18. The molecule has 14 heavy (non-hydrogen) atoms. The van der Waals surface area contributed by atoms with Gasteiger partial charge in [-0.3, -0.25) is 4.90 Å². The van der Waals surface area contributed by atoms with Crippen LogP contribution in [0.2, 0.25) is 0 Å². The molecule has 0 aromatic carbocycles. The van der Waals surface area contributed by atoms with Crippen LogP contribution in [0.4, 0.5) is 0 Å². The van der Waals surface area contributed by atoms with Crippen LogP contribution in [0.3, 0.4) is 0 Å². The third-order valence-electron chi connectivity index (χ3n) is 2.95. The van der Waals surface area contributed by atoms with Gasteiger partial charge in [-0.2, -0.15) is 0 Å². The van der Waals surface area contributed by atoms with Crippen molar-refractivity contribution < 1.29 is 0 Å². The number of likely N-dealkylation sites (tertiary alicyclic amines) is 1. The number of allylic oxidation sites excluding steroid dienone is 2. The summed E-state index contributed by atoms with van der Waals surface area (Å²) in [5, 5.41) is 0. The largest absolute Gasteiger partial charge is 0.299 e. The third-order valence-corrected chi connectivity index (χ3v) is 2.95. The van der Waals surface area contributed by atoms with Gasteiger partial charge in [0.1, 0.15) is 0 Å². The molecule has 1 atom stereocenters. The van der Waals surface area contributed by atoms with Crippen molar-refractivity contribution in [1.29, 1.82) is 0 Å². The van der Waals surface area contributed by atoms with Gasteiger partial charge in [0.2, 0.25) is 0 Å². The summed E-state index contributed by atoms with van der Waals surface area (Å²) in [6.07, 6.45) is 12.0. The standard InChI is InChI=1S/C13H23N/c1-4-8-12(9-5-2)13-10-6-7-11-14(13)3/h4,8-9,13H,5-7,10-11H2,1-3H3/b8-4-,12-9+. The number of likely N-dealkylation sites (N-methyl/N-ethyl adjacent to an activating group) is 1. The van der Waals surface area contributed by atoms with Gasteiger partial charge < -0.3 is 0 Å². The summed E-state index contributed by atoms with van der Waals surface area (Å²) in [4.78, 5) is 2.49. The minimum Gasteiger partial charge on any atom is -0.299 e. The smallest absolute Gasteiger partial charge is 0.0341 e. The lowest BCUT2D eigenvalue weighted by Crippen LogP contribution is -2.37. The molecule has 0 aliphatic carbocycles. The summed E-state index contributed by atoms with van der Waals surface area (Å²) in [5.41, 5.74) is 1.51. The van der Waals surface area contributed by atoms with Gasteiger partial charge in [-0.15, -0.1) is 0 Å². The first-order chi connectivity index (χ1) is 6.79. The van der Waals surface area contributed by atoms with Crippen LogP contribution in [-0.2, 0) is 0 Å². The van der Waals surface area contributed by atoms with Gasteiger partial charge in [-0.05, 0) is 45.4 Å². The fourth-order valence-corrected chi connectivity index (χ4v) is 2.24. The van der Waals surface area contributed by atoms with Crippen molar-refractivity contribution in [2.24, 2.45) is 0 Å². The van der Waals surface area contributed by atoms with Gasteiger partial charge in [0.05, 0.1) is 0 Å². The van der Waals surface area contributed by atoms with E-state index in [4.69, 9.17) is 0 Å². The molecule has 0 bridgehead atoms. The van der Waals surface area contributed by atoms with Crippen molar-refractivity contribution in [3.05, 3.63) is 23.8 Å². The molecule has 1 aliphatic heterocycles. The van der Waals surface area contributed by atoms with Gasteiger partial charge in [-0.25, -0.2) is 0 Å². The Bertz CT molecular complexity index is 215. The summed E-state index contributed by atoms with van der Waals surface area (Å²) in [7, 11) is 2.25. The van der Waals surface area contributed by atoms with E-state index in [9.17, 15) is 0 Å².